The summed E-state index contributed by atoms with van der Waals surface area (Å²) in [6, 6.07) is 8.23. The van der Waals surface area contributed by atoms with E-state index in [2.05, 4.69) is 30.1 Å². The number of hydrogen-bond donors (Lipinski definition) is 1. The Bertz CT molecular complexity index is 449. The van der Waals surface area contributed by atoms with Crippen LogP contribution in [0.3, 0.4) is 0 Å². The number of rotatable bonds is 2. The minimum Gasteiger partial charge on any atom is -0.397 e. The SMILES string of the molecule is CCCc1cccc2cc(N)cnc12. The van der Waals surface area contributed by atoms with Crippen molar-refractivity contribution < 1.29 is 0 Å². The normalized spacial score (nSPS) is 10.6. The van der Waals surface area contributed by atoms with Crippen LogP contribution >= 0.6 is 0 Å². The minimum atomic E-state index is 0.728. The molecule has 1 aromatic carbocycles. The lowest BCUT2D eigenvalue weighted by atomic mass is 10.1. The van der Waals surface area contributed by atoms with Gasteiger partial charge in [0.1, 0.15) is 0 Å². The minimum absolute atomic E-state index is 0.728. The van der Waals surface area contributed by atoms with E-state index in [1.54, 1.807) is 6.20 Å². The average Bonchev–Trinajstić information content (AvgIpc) is 2.18. The molecular formula is C12H14N2. The lowest BCUT2D eigenvalue weighted by molar-refractivity contribution is 0.926. The fourth-order valence-electron chi connectivity index (χ4n) is 1.71. The third kappa shape index (κ3) is 1.55. The van der Waals surface area contributed by atoms with E-state index in [4.69, 9.17) is 5.73 Å². The number of benzene rings is 1. The third-order valence-electron chi connectivity index (χ3n) is 2.34. The Kier molecular flexibility index (Phi) is 2.35. The molecule has 0 spiro atoms. The summed E-state index contributed by atoms with van der Waals surface area (Å²) < 4.78 is 0. The van der Waals surface area contributed by atoms with E-state index in [1.807, 2.05) is 6.07 Å². The number of anilines is 1. The van der Waals surface area contributed by atoms with Crippen LogP contribution in [0.4, 0.5) is 5.69 Å². The molecule has 2 rings (SSSR count). The van der Waals surface area contributed by atoms with Crippen molar-refractivity contribution in [1.29, 1.82) is 0 Å². The maximum absolute atomic E-state index is 5.69. The molecule has 0 fully saturated rings. The molecule has 1 aromatic heterocycles. The van der Waals surface area contributed by atoms with E-state index >= 15 is 0 Å². The first-order chi connectivity index (χ1) is 6.81. The predicted octanol–water partition coefficient (Wildman–Crippen LogP) is 2.77. The zero-order valence-corrected chi connectivity index (χ0v) is 8.33. The molecule has 2 nitrogen and oxygen atoms in total. The van der Waals surface area contributed by atoms with E-state index in [0.717, 1.165) is 29.4 Å². The molecule has 2 N–H and O–H groups in total. The summed E-state index contributed by atoms with van der Waals surface area (Å²) in [4.78, 5) is 4.37. The fraction of sp³-hybridized carbons (Fsp3) is 0.250. The van der Waals surface area contributed by atoms with Crippen molar-refractivity contribution in [2.24, 2.45) is 0 Å². The van der Waals surface area contributed by atoms with E-state index in [1.165, 1.54) is 5.56 Å². The standard InChI is InChI=1S/C12H14N2/c1-2-4-9-5-3-6-10-7-11(13)8-14-12(9)10/h3,5-8H,2,4,13H2,1H3. The number of nitrogens with two attached hydrogens (primary N) is 1. The molecule has 0 radical (unpaired) electrons. The first-order valence-electron chi connectivity index (χ1n) is 4.94. The summed E-state index contributed by atoms with van der Waals surface area (Å²) in [6.07, 6.45) is 3.95. The second-order valence-corrected chi connectivity index (χ2v) is 3.51. The second kappa shape index (κ2) is 3.66. The average molecular weight is 186 g/mol. The van der Waals surface area contributed by atoms with Crippen molar-refractivity contribution in [3.05, 3.63) is 36.0 Å². The quantitative estimate of drug-likeness (QED) is 0.783. The van der Waals surface area contributed by atoms with Crippen molar-refractivity contribution in [3.63, 3.8) is 0 Å². The number of nitrogens with zero attached hydrogens (tertiary/aromatic N) is 1. The van der Waals surface area contributed by atoms with Gasteiger partial charge in [-0.1, -0.05) is 31.5 Å². The highest BCUT2D eigenvalue weighted by Gasteiger charge is 2.00. The van der Waals surface area contributed by atoms with Gasteiger partial charge < -0.3 is 5.73 Å². The van der Waals surface area contributed by atoms with Crippen LogP contribution in [0.15, 0.2) is 30.5 Å². The lowest BCUT2D eigenvalue weighted by Gasteiger charge is -2.04. The maximum atomic E-state index is 5.69. The van der Waals surface area contributed by atoms with Gasteiger partial charge in [-0.25, -0.2) is 0 Å². The highest BCUT2D eigenvalue weighted by Crippen LogP contribution is 2.19. The van der Waals surface area contributed by atoms with Gasteiger partial charge in [-0.05, 0) is 18.1 Å². The Morgan fingerprint density at radius 2 is 2.21 bits per heavy atom. The van der Waals surface area contributed by atoms with Gasteiger partial charge in [0.15, 0.2) is 0 Å². The molecule has 72 valence electrons. The van der Waals surface area contributed by atoms with Crippen LogP contribution in [0.1, 0.15) is 18.9 Å². The summed E-state index contributed by atoms with van der Waals surface area (Å²) in [7, 11) is 0. The van der Waals surface area contributed by atoms with Crippen LogP contribution in [-0.4, -0.2) is 4.98 Å². The Labute approximate surface area is 83.8 Å². The van der Waals surface area contributed by atoms with Gasteiger partial charge in [-0.3, -0.25) is 4.98 Å². The Balaban J connectivity index is 2.62. The van der Waals surface area contributed by atoms with Crippen molar-refractivity contribution in [1.82, 2.24) is 4.98 Å². The molecule has 0 aliphatic carbocycles. The van der Waals surface area contributed by atoms with Crippen molar-refractivity contribution >= 4 is 16.6 Å². The van der Waals surface area contributed by atoms with Gasteiger partial charge in [0.05, 0.1) is 17.4 Å². The van der Waals surface area contributed by atoms with E-state index in [0.29, 0.717) is 0 Å². The molecule has 0 aliphatic rings. The maximum Gasteiger partial charge on any atom is 0.0735 e. The second-order valence-electron chi connectivity index (χ2n) is 3.51. The van der Waals surface area contributed by atoms with Crippen molar-refractivity contribution in [2.45, 2.75) is 19.8 Å². The predicted molar refractivity (Wildman–Crippen MR) is 60.2 cm³/mol. The summed E-state index contributed by atoms with van der Waals surface area (Å²) in [5.74, 6) is 0. The van der Waals surface area contributed by atoms with Crippen LogP contribution in [0, 0.1) is 0 Å². The molecule has 0 saturated carbocycles. The Morgan fingerprint density at radius 3 is 3.00 bits per heavy atom. The summed E-state index contributed by atoms with van der Waals surface area (Å²) in [5.41, 5.74) is 8.81. The lowest BCUT2D eigenvalue weighted by Crippen LogP contribution is -1.91. The summed E-state index contributed by atoms with van der Waals surface area (Å²) in [5, 5.41) is 1.14. The van der Waals surface area contributed by atoms with Crippen molar-refractivity contribution in [2.75, 3.05) is 5.73 Å². The van der Waals surface area contributed by atoms with Crippen molar-refractivity contribution in [3.8, 4) is 0 Å². The molecule has 0 saturated heterocycles. The highest BCUT2D eigenvalue weighted by molar-refractivity contribution is 5.84. The van der Waals surface area contributed by atoms with Crippen LogP contribution in [0.5, 0.6) is 0 Å². The first kappa shape index (κ1) is 9.00. The Morgan fingerprint density at radius 1 is 1.36 bits per heavy atom. The van der Waals surface area contributed by atoms with Crippen LogP contribution in [0.25, 0.3) is 10.9 Å². The molecule has 14 heavy (non-hydrogen) atoms. The summed E-state index contributed by atoms with van der Waals surface area (Å²) >= 11 is 0. The number of aromatic nitrogens is 1. The number of fused-ring (bicyclic) bond motifs is 1. The zero-order valence-electron chi connectivity index (χ0n) is 8.33. The number of hydrogen-bond acceptors (Lipinski definition) is 2. The molecule has 2 heteroatoms. The molecule has 1 heterocycles. The molecule has 0 atom stereocenters. The van der Waals surface area contributed by atoms with Gasteiger partial charge in [0.2, 0.25) is 0 Å². The van der Waals surface area contributed by atoms with Crippen LogP contribution in [-0.2, 0) is 6.42 Å². The molecule has 0 amide bonds. The Hall–Kier alpha value is -1.57. The van der Waals surface area contributed by atoms with Gasteiger partial charge in [-0.2, -0.15) is 0 Å². The summed E-state index contributed by atoms with van der Waals surface area (Å²) in [6.45, 7) is 2.18. The molecule has 2 aromatic rings. The fourth-order valence-corrected chi connectivity index (χ4v) is 1.71. The third-order valence-corrected chi connectivity index (χ3v) is 2.34. The van der Waals surface area contributed by atoms with Gasteiger partial charge >= 0.3 is 0 Å². The molecule has 0 aliphatic heterocycles. The van der Waals surface area contributed by atoms with Gasteiger partial charge in [-0.15, -0.1) is 0 Å². The number of pyridine rings is 1. The van der Waals surface area contributed by atoms with E-state index in [9.17, 15) is 0 Å². The number of para-hydroxylation sites is 1. The number of aryl methyl sites for hydroxylation is 1. The topological polar surface area (TPSA) is 38.9 Å². The smallest absolute Gasteiger partial charge is 0.0735 e. The van der Waals surface area contributed by atoms with Gasteiger partial charge in [0.25, 0.3) is 0 Å². The first-order valence-corrected chi connectivity index (χ1v) is 4.94. The zero-order chi connectivity index (χ0) is 9.97. The highest BCUT2D eigenvalue weighted by atomic mass is 14.7. The number of nitrogen functional groups attached to an aromatic ring is 1. The van der Waals surface area contributed by atoms with Crippen LogP contribution < -0.4 is 5.73 Å². The monoisotopic (exact) mass is 186 g/mol. The molecule has 0 bridgehead atoms. The van der Waals surface area contributed by atoms with E-state index in [-0.39, 0.29) is 0 Å². The van der Waals surface area contributed by atoms with E-state index < -0.39 is 0 Å². The van der Waals surface area contributed by atoms with Crippen LogP contribution in [0.2, 0.25) is 0 Å². The molecule has 0 unspecified atom stereocenters. The largest absolute Gasteiger partial charge is 0.397 e. The molecular weight excluding hydrogens is 172 g/mol. The van der Waals surface area contributed by atoms with Gasteiger partial charge in [0, 0.05) is 5.39 Å².